The fraction of sp³-hybridized carbons (Fsp3) is 0.533. The summed E-state index contributed by atoms with van der Waals surface area (Å²) in [5.41, 5.74) is 5.40. The quantitative estimate of drug-likeness (QED) is 0.590. The number of anilines is 1. The Morgan fingerprint density at radius 2 is 1.89 bits per heavy atom. The molecule has 6 heteroatoms. The Labute approximate surface area is 214 Å². The molecule has 2 aromatic rings. The summed E-state index contributed by atoms with van der Waals surface area (Å²) in [6, 6.07) is 8.62. The van der Waals surface area contributed by atoms with Gasteiger partial charge in [-0.25, -0.2) is 0 Å². The Morgan fingerprint density at radius 3 is 2.67 bits per heavy atom. The molecule has 0 unspecified atom stereocenters. The second-order valence-corrected chi connectivity index (χ2v) is 10.6. The molecular formula is C30H39N3O3. The van der Waals surface area contributed by atoms with Crippen LogP contribution in [0.25, 0.3) is 0 Å². The van der Waals surface area contributed by atoms with E-state index in [9.17, 15) is 9.59 Å². The summed E-state index contributed by atoms with van der Waals surface area (Å²) >= 11 is 0. The first-order valence-corrected chi connectivity index (χ1v) is 13.7. The molecule has 0 bridgehead atoms. The fourth-order valence-electron chi connectivity index (χ4n) is 5.89. The van der Waals surface area contributed by atoms with Crippen LogP contribution >= 0.6 is 0 Å². The molecule has 36 heavy (non-hydrogen) atoms. The summed E-state index contributed by atoms with van der Waals surface area (Å²) < 4.78 is 5.68. The molecule has 5 rings (SSSR count). The second kappa shape index (κ2) is 11.5. The van der Waals surface area contributed by atoms with E-state index < -0.39 is 0 Å². The summed E-state index contributed by atoms with van der Waals surface area (Å²) in [5, 5.41) is 3.07. The highest BCUT2D eigenvalue weighted by Gasteiger charge is 2.27. The van der Waals surface area contributed by atoms with E-state index in [1.807, 2.05) is 25.1 Å². The number of allylic oxidation sites excluding steroid dienone is 2. The third-order valence-electron chi connectivity index (χ3n) is 8.20. The monoisotopic (exact) mass is 489 g/mol. The van der Waals surface area contributed by atoms with E-state index in [4.69, 9.17) is 4.74 Å². The van der Waals surface area contributed by atoms with Gasteiger partial charge in [0.2, 0.25) is 0 Å². The van der Waals surface area contributed by atoms with E-state index in [-0.39, 0.29) is 18.0 Å². The number of pyridine rings is 1. The van der Waals surface area contributed by atoms with Crippen molar-refractivity contribution in [2.75, 3.05) is 24.7 Å². The van der Waals surface area contributed by atoms with Gasteiger partial charge in [-0.3, -0.25) is 9.59 Å². The number of benzene rings is 1. The lowest BCUT2D eigenvalue weighted by atomic mass is 9.82. The first-order valence-electron chi connectivity index (χ1n) is 13.7. The van der Waals surface area contributed by atoms with Gasteiger partial charge in [0, 0.05) is 54.9 Å². The molecule has 1 amide bonds. The highest BCUT2D eigenvalue weighted by atomic mass is 16.5. The number of amides is 1. The van der Waals surface area contributed by atoms with Crippen molar-refractivity contribution < 1.29 is 9.53 Å². The number of nitrogens with zero attached hydrogens (tertiary/aromatic N) is 1. The summed E-state index contributed by atoms with van der Waals surface area (Å²) in [5.74, 6) is 0.722. The normalized spacial score (nSPS) is 20.2. The number of nitrogens with one attached hydrogen (secondary N) is 2. The van der Waals surface area contributed by atoms with E-state index in [2.05, 4.69) is 33.4 Å². The van der Waals surface area contributed by atoms with E-state index >= 15 is 0 Å². The average molecular weight is 490 g/mol. The van der Waals surface area contributed by atoms with Gasteiger partial charge in [0.05, 0.1) is 0 Å². The molecule has 2 aliphatic heterocycles. The zero-order chi connectivity index (χ0) is 24.9. The predicted molar refractivity (Wildman–Crippen MR) is 144 cm³/mol. The molecule has 1 aromatic carbocycles. The number of carbonyl (C=O) groups excluding carboxylic acids is 1. The van der Waals surface area contributed by atoms with Crippen molar-refractivity contribution >= 4 is 11.6 Å². The second-order valence-electron chi connectivity index (χ2n) is 10.6. The lowest BCUT2D eigenvalue weighted by Gasteiger charge is -2.39. The van der Waals surface area contributed by atoms with E-state index in [1.165, 1.54) is 31.4 Å². The Morgan fingerprint density at radius 1 is 1.06 bits per heavy atom. The number of aromatic nitrogens is 1. The van der Waals surface area contributed by atoms with Crippen LogP contribution in [0.15, 0.2) is 41.2 Å². The van der Waals surface area contributed by atoms with Crippen LogP contribution in [0.2, 0.25) is 0 Å². The van der Waals surface area contributed by atoms with Crippen LogP contribution in [0, 0.1) is 12.8 Å². The van der Waals surface area contributed by atoms with Crippen molar-refractivity contribution in [1.29, 1.82) is 0 Å². The first kappa shape index (κ1) is 24.8. The molecule has 0 atom stereocenters. The average Bonchev–Trinajstić information content (AvgIpc) is 2.84. The zero-order valence-electron chi connectivity index (χ0n) is 21.5. The van der Waals surface area contributed by atoms with Crippen molar-refractivity contribution in [3.05, 3.63) is 74.7 Å². The van der Waals surface area contributed by atoms with Crippen LogP contribution in [0.5, 0.6) is 0 Å². The molecule has 1 aromatic heterocycles. The lowest BCUT2D eigenvalue weighted by Crippen LogP contribution is -2.42. The van der Waals surface area contributed by atoms with Crippen molar-refractivity contribution in [2.24, 2.45) is 5.92 Å². The van der Waals surface area contributed by atoms with Gasteiger partial charge in [-0.1, -0.05) is 37.5 Å². The van der Waals surface area contributed by atoms with E-state index in [1.54, 1.807) is 0 Å². The van der Waals surface area contributed by atoms with Crippen LogP contribution in [0.4, 0.5) is 5.69 Å². The van der Waals surface area contributed by atoms with Crippen LogP contribution in [0.1, 0.15) is 77.7 Å². The van der Waals surface area contributed by atoms with Gasteiger partial charge in [0.15, 0.2) is 0 Å². The number of hydrogen-bond donors (Lipinski definition) is 2. The maximum atomic E-state index is 13.5. The molecule has 3 aliphatic rings. The smallest absolute Gasteiger partial charge is 0.253 e. The number of ether oxygens (including phenoxy) is 1. The topological polar surface area (TPSA) is 74.4 Å². The minimum atomic E-state index is -0.113. The van der Waals surface area contributed by atoms with Gasteiger partial charge < -0.3 is 19.9 Å². The Kier molecular flexibility index (Phi) is 7.90. The number of hydrogen-bond acceptors (Lipinski definition) is 4. The minimum absolute atomic E-state index is 0.109. The molecule has 2 fully saturated rings. The van der Waals surface area contributed by atoms with E-state index in [0.717, 1.165) is 74.6 Å². The number of H-pyrrole nitrogens is 1. The largest absolute Gasteiger partial charge is 0.381 e. The molecule has 2 N–H and O–H groups in total. The molecule has 0 spiro atoms. The molecule has 1 aliphatic carbocycles. The Hall–Kier alpha value is -2.86. The molecule has 3 heterocycles. The lowest BCUT2D eigenvalue weighted by molar-refractivity contribution is 0.0838. The molecular weight excluding hydrogens is 450 g/mol. The molecule has 192 valence electrons. The van der Waals surface area contributed by atoms with Crippen LogP contribution in [0.3, 0.4) is 0 Å². The summed E-state index contributed by atoms with van der Waals surface area (Å²) in [4.78, 5) is 31.7. The van der Waals surface area contributed by atoms with E-state index in [0.29, 0.717) is 17.2 Å². The fourth-order valence-corrected chi connectivity index (χ4v) is 5.89. The number of aryl methyl sites for hydroxylation is 2. The van der Waals surface area contributed by atoms with Gasteiger partial charge in [0.25, 0.3) is 11.5 Å². The van der Waals surface area contributed by atoms with Crippen LogP contribution in [-0.4, -0.2) is 36.7 Å². The zero-order valence-corrected chi connectivity index (χ0v) is 21.5. The van der Waals surface area contributed by atoms with Gasteiger partial charge in [-0.05, 0) is 80.7 Å². The molecule has 1 saturated carbocycles. The van der Waals surface area contributed by atoms with Crippen LogP contribution < -0.4 is 15.8 Å². The van der Waals surface area contributed by atoms with Crippen molar-refractivity contribution in [3.63, 3.8) is 0 Å². The maximum Gasteiger partial charge on any atom is 0.253 e. The van der Waals surface area contributed by atoms with Gasteiger partial charge in [-0.15, -0.1) is 0 Å². The highest BCUT2D eigenvalue weighted by molar-refractivity contribution is 5.97. The van der Waals surface area contributed by atoms with Crippen LogP contribution in [-0.2, 0) is 24.1 Å². The SMILES string of the molecule is Cc1cc2c(c(=O)[nH]1)CNC(=O)c1cccc(N(CCC3CCC3)C3CCOCC3)c1C/C=C/CC2. The number of rotatable bonds is 5. The maximum absolute atomic E-state index is 13.5. The van der Waals surface area contributed by atoms with Gasteiger partial charge in [-0.2, -0.15) is 0 Å². The van der Waals surface area contributed by atoms with Crippen molar-refractivity contribution in [3.8, 4) is 0 Å². The summed E-state index contributed by atoms with van der Waals surface area (Å²) in [6.45, 7) is 4.77. The third kappa shape index (κ3) is 5.59. The molecule has 0 radical (unpaired) electrons. The van der Waals surface area contributed by atoms with Gasteiger partial charge >= 0.3 is 0 Å². The highest BCUT2D eigenvalue weighted by Crippen LogP contribution is 2.34. The standard InChI is InChI=1S/C30H39N3O3/c1-21-19-23-9-3-2-4-10-25-26(29(34)31-20-27(23)30(35)32-21)11-6-12-28(25)33(16-13-22-7-5-8-22)24-14-17-36-18-15-24/h2,4,6,11-12,19,22,24H,3,5,7-10,13-18,20H2,1H3,(H,31,34)(H,32,35)/b4-2+. The Balaban J connectivity index is 1.47. The number of fused-ring (bicyclic) bond motifs is 2. The molecule has 6 nitrogen and oxygen atoms in total. The predicted octanol–water partition coefficient (Wildman–Crippen LogP) is 4.83. The minimum Gasteiger partial charge on any atom is -0.381 e. The number of carbonyl (C=O) groups is 1. The Bertz CT molecular complexity index is 1160. The van der Waals surface area contributed by atoms with Gasteiger partial charge in [0.1, 0.15) is 0 Å². The van der Waals surface area contributed by atoms with Crippen molar-refractivity contribution in [2.45, 2.75) is 77.3 Å². The molecule has 1 saturated heterocycles. The summed E-state index contributed by atoms with van der Waals surface area (Å²) in [7, 11) is 0. The third-order valence-corrected chi connectivity index (χ3v) is 8.20. The summed E-state index contributed by atoms with van der Waals surface area (Å²) in [6.07, 6.45) is 14.1. The number of aromatic amines is 1. The van der Waals surface area contributed by atoms with Crippen molar-refractivity contribution in [1.82, 2.24) is 10.3 Å². The first-order chi connectivity index (χ1) is 17.6.